The van der Waals surface area contributed by atoms with Crippen LogP contribution in [0.15, 0.2) is 18.2 Å². The Hall–Kier alpha value is -2.89. The zero-order chi connectivity index (χ0) is 22.0. The number of hydrogen-bond acceptors (Lipinski definition) is 10. The molecule has 0 bridgehead atoms. The molecule has 3 aliphatic heterocycles. The Morgan fingerprint density at radius 1 is 1.20 bits per heavy atom. The molecule has 0 aromatic heterocycles. The number of esters is 2. The molecule has 2 saturated heterocycles. The van der Waals surface area contributed by atoms with Crippen LogP contribution in [0.25, 0.3) is 0 Å². The molecule has 4 rings (SSSR count). The number of nitrogens with one attached hydrogen (secondary N) is 1. The van der Waals surface area contributed by atoms with Crippen LogP contribution in [0.3, 0.4) is 0 Å². The number of anilines is 1. The SMILES string of the molecule is CNC(=O)Oc1ccc2c(c1)C1(C)C(N(C)CC13OC(=O)C(O)C(O)C(=O)O3)N2C. The lowest BCUT2D eigenvalue weighted by atomic mass is 9.76. The maximum atomic E-state index is 12.4. The summed E-state index contributed by atoms with van der Waals surface area (Å²) in [4.78, 5) is 40.3. The van der Waals surface area contributed by atoms with Gasteiger partial charge >= 0.3 is 18.0 Å². The van der Waals surface area contributed by atoms with Crippen LogP contribution in [0, 0.1) is 0 Å². The zero-order valence-electron chi connectivity index (χ0n) is 16.9. The number of carbonyl (C=O) groups excluding carboxylic acids is 3. The number of likely N-dealkylation sites (N-methyl/N-ethyl adjacent to an activating group) is 2. The van der Waals surface area contributed by atoms with Gasteiger partial charge < -0.3 is 34.6 Å². The number of aliphatic hydroxyl groups is 2. The fraction of sp³-hybridized carbons (Fsp3) is 0.526. The van der Waals surface area contributed by atoms with Gasteiger partial charge in [-0.1, -0.05) is 0 Å². The van der Waals surface area contributed by atoms with Crippen LogP contribution in [-0.4, -0.2) is 85.0 Å². The molecule has 11 nitrogen and oxygen atoms in total. The first-order valence-electron chi connectivity index (χ1n) is 9.35. The number of rotatable bonds is 1. The van der Waals surface area contributed by atoms with Crippen molar-refractivity contribution in [2.75, 3.05) is 32.6 Å². The molecule has 30 heavy (non-hydrogen) atoms. The molecule has 0 radical (unpaired) electrons. The largest absolute Gasteiger partial charge is 0.418 e. The van der Waals surface area contributed by atoms with E-state index in [1.54, 1.807) is 32.2 Å². The summed E-state index contributed by atoms with van der Waals surface area (Å²) in [6.45, 7) is 1.77. The minimum Gasteiger partial charge on any atom is -0.418 e. The van der Waals surface area contributed by atoms with E-state index in [4.69, 9.17) is 14.2 Å². The van der Waals surface area contributed by atoms with Crippen LogP contribution in [0.4, 0.5) is 10.5 Å². The van der Waals surface area contributed by atoms with E-state index in [0.29, 0.717) is 5.56 Å². The third-order valence-corrected chi connectivity index (χ3v) is 6.18. The van der Waals surface area contributed by atoms with Gasteiger partial charge in [-0.25, -0.2) is 14.4 Å². The maximum absolute atomic E-state index is 12.4. The van der Waals surface area contributed by atoms with Gasteiger partial charge in [0, 0.05) is 19.8 Å². The number of fused-ring (bicyclic) bond motifs is 4. The third-order valence-electron chi connectivity index (χ3n) is 6.18. The highest BCUT2D eigenvalue weighted by Crippen LogP contribution is 2.58. The van der Waals surface area contributed by atoms with Gasteiger partial charge in [-0.15, -0.1) is 0 Å². The van der Waals surface area contributed by atoms with Crippen molar-refractivity contribution in [2.45, 2.75) is 36.5 Å². The summed E-state index contributed by atoms with van der Waals surface area (Å²) in [5, 5.41) is 22.2. The van der Waals surface area contributed by atoms with Crippen molar-refractivity contribution in [2.24, 2.45) is 0 Å². The number of aliphatic hydroxyl groups excluding tert-OH is 2. The molecule has 3 aliphatic rings. The Kier molecular flexibility index (Phi) is 4.46. The van der Waals surface area contributed by atoms with E-state index in [1.165, 1.54) is 7.05 Å². The van der Waals surface area contributed by atoms with E-state index in [-0.39, 0.29) is 12.3 Å². The summed E-state index contributed by atoms with van der Waals surface area (Å²) in [5.41, 5.74) is 0.255. The number of amides is 1. The fourth-order valence-electron chi connectivity index (χ4n) is 4.84. The highest BCUT2D eigenvalue weighted by atomic mass is 16.8. The van der Waals surface area contributed by atoms with Gasteiger partial charge in [-0.05, 0) is 37.7 Å². The van der Waals surface area contributed by atoms with Crippen LogP contribution < -0.4 is 15.0 Å². The van der Waals surface area contributed by atoms with E-state index in [9.17, 15) is 24.6 Å². The van der Waals surface area contributed by atoms with Gasteiger partial charge in [-0.3, -0.25) is 4.90 Å². The Labute approximate surface area is 172 Å². The molecule has 0 aliphatic carbocycles. The number of nitrogens with zero attached hydrogens (tertiary/aromatic N) is 2. The van der Waals surface area contributed by atoms with E-state index in [2.05, 4.69) is 5.32 Å². The minimum absolute atomic E-state index is 0.00932. The van der Waals surface area contributed by atoms with Crippen LogP contribution in [0.5, 0.6) is 5.75 Å². The second kappa shape index (κ2) is 6.56. The van der Waals surface area contributed by atoms with Gasteiger partial charge in [-0.2, -0.15) is 0 Å². The smallest absolute Gasteiger partial charge is 0.412 e. The van der Waals surface area contributed by atoms with Gasteiger partial charge in [0.25, 0.3) is 5.79 Å². The van der Waals surface area contributed by atoms with E-state index < -0.39 is 47.6 Å². The summed E-state index contributed by atoms with van der Waals surface area (Å²) >= 11 is 0. The van der Waals surface area contributed by atoms with Crippen molar-refractivity contribution in [3.8, 4) is 5.75 Å². The highest BCUT2D eigenvalue weighted by Gasteiger charge is 2.72. The van der Waals surface area contributed by atoms with Gasteiger partial charge in [0.15, 0.2) is 12.2 Å². The van der Waals surface area contributed by atoms with Crippen molar-refractivity contribution < 1.29 is 38.8 Å². The van der Waals surface area contributed by atoms with Crippen molar-refractivity contribution >= 4 is 23.7 Å². The van der Waals surface area contributed by atoms with Gasteiger partial charge in [0.05, 0.1) is 12.7 Å². The predicted octanol–water partition coefficient (Wildman–Crippen LogP) is -1.10. The quantitative estimate of drug-likeness (QED) is 0.479. The molecule has 1 spiro atoms. The van der Waals surface area contributed by atoms with Crippen molar-refractivity contribution in [1.29, 1.82) is 0 Å². The van der Waals surface area contributed by atoms with Crippen molar-refractivity contribution in [3.63, 3.8) is 0 Å². The molecule has 3 N–H and O–H groups in total. The second-order valence-corrected chi connectivity index (χ2v) is 7.91. The van der Waals surface area contributed by atoms with Crippen LogP contribution in [0.2, 0.25) is 0 Å². The fourth-order valence-corrected chi connectivity index (χ4v) is 4.84. The standard InChI is InChI=1S/C19H23N3O8/c1-18-10-7-9(28-17(27)20-2)5-6-11(10)22(4)16(18)21(3)8-19(18)29-14(25)12(23)13(24)15(26)30-19/h5-7,12-13,16,23-24H,8H2,1-4H3,(H,20,27). The Morgan fingerprint density at radius 3 is 2.37 bits per heavy atom. The zero-order valence-corrected chi connectivity index (χ0v) is 16.9. The molecule has 1 aromatic carbocycles. The summed E-state index contributed by atoms with van der Waals surface area (Å²) < 4.78 is 16.4. The second-order valence-electron chi connectivity index (χ2n) is 7.91. The Balaban J connectivity index is 1.87. The number of carbonyl (C=O) groups is 3. The van der Waals surface area contributed by atoms with E-state index >= 15 is 0 Å². The molecule has 0 saturated carbocycles. The van der Waals surface area contributed by atoms with Gasteiger partial charge in [0.2, 0.25) is 0 Å². The monoisotopic (exact) mass is 421 g/mol. The minimum atomic E-state index is -2.05. The molecule has 1 aromatic rings. The van der Waals surface area contributed by atoms with Crippen LogP contribution in [-0.2, 0) is 24.5 Å². The summed E-state index contributed by atoms with van der Waals surface area (Å²) in [5.74, 6) is -3.88. The van der Waals surface area contributed by atoms with Gasteiger partial charge in [0.1, 0.15) is 11.2 Å². The Bertz CT molecular complexity index is 914. The van der Waals surface area contributed by atoms with Crippen LogP contribution >= 0.6 is 0 Å². The molecule has 2 fully saturated rings. The molecule has 11 heteroatoms. The molecular formula is C19H23N3O8. The lowest BCUT2D eigenvalue weighted by molar-refractivity contribution is -0.238. The average Bonchev–Trinajstić information content (AvgIpc) is 3.03. The number of hydrogen-bond donors (Lipinski definition) is 3. The number of ether oxygens (including phenoxy) is 3. The molecular weight excluding hydrogens is 398 g/mol. The molecule has 1 amide bonds. The molecule has 4 atom stereocenters. The first-order chi connectivity index (χ1) is 14.1. The lowest BCUT2D eigenvalue weighted by Crippen LogP contribution is -2.57. The van der Waals surface area contributed by atoms with Crippen LogP contribution in [0.1, 0.15) is 12.5 Å². The number of benzene rings is 1. The number of likely N-dealkylation sites (tertiary alicyclic amines) is 1. The summed E-state index contributed by atoms with van der Waals surface area (Å²) in [6, 6.07) is 5.00. The predicted molar refractivity (Wildman–Crippen MR) is 101 cm³/mol. The lowest BCUT2D eigenvalue weighted by Gasteiger charge is -2.40. The summed E-state index contributed by atoms with van der Waals surface area (Å²) in [7, 11) is 5.05. The molecule has 4 unspecified atom stereocenters. The van der Waals surface area contributed by atoms with Crippen molar-refractivity contribution in [3.05, 3.63) is 23.8 Å². The van der Waals surface area contributed by atoms with Crippen molar-refractivity contribution in [1.82, 2.24) is 10.2 Å². The Morgan fingerprint density at radius 2 is 1.80 bits per heavy atom. The first kappa shape index (κ1) is 20.4. The summed E-state index contributed by atoms with van der Waals surface area (Å²) in [6.07, 6.45) is -5.15. The maximum Gasteiger partial charge on any atom is 0.412 e. The third kappa shape index (κ3) is 2.52. The van der Waals surface area contributed by atoms with E-state index in [0.717, 1.165) is 5.69 Å². The first-order valence-corrected chi connectivity index (χ1v) is 9.35. The average molecular weight is 421 g/mol. The topological polar surface area (TPSA) is 138 Å². The highest BCUT2D eigenvalue weighted by molar-refractivity contribution is 5.88. The van der Waals surface area contributed by atoms with E-state index in [1.807, 2.05) is 16.8 Å². The molecule has 3 heterocycles. The normalized spacial score (nSPS) is 35.4. The molecule has 162 valence electrons.